The van der Waals surface area contributed by atoms with Gasteiger partial charge in [-0.15, -0.1) is 0 Å². The van der Waals surface area contributed by atoms with Crippen molar-refractivity contribution in [2.24, 2.45) is 5.92 Å². The molecule has 0 aromatic rings. The summed E-state index contributed by atoms with van der Waals surface area (Å²) >= 11 is 0. The van der Waals surface area contributed by atoms with E-state index in [0.29, 0.717) is 5.92 Å². The summed E-state index contributed by atoms with van der Waals surface area (Å²) < 4.78 is 5.45. The van der Waals surface area contributed by atoms with Crippen LogP contribution in [0.3, 0.4) is 0 Å². The van der Waals surface area contributed by atoms with Crippen LogP contribution in [0.4, 0.5) is 0 Å². The largest absolute Gasteiger partial charge is 0.372 e. The molecular weight excluding hydrogens is 172 g/mol. The minimum atomic E-state index is 0.667. The van der Waals surface area contributed by atoms with Crippen molar-refractivity contribution in [1.82, 2.24) is 0 Å². The molecule has 76 valence electrons. The summed E-state index contributed by atoms with van der Waals surface area (Å²) in [7, 11) is 0. The van der Waals surface area contributed by atoms with Crippen LogP contribution >= 0.6 is 0 Å². The Balaban J connectivity index is 2.09. The third-order valence-corrected chi connectivity index (χ3v) is 3.22. The van der Waals surface area contributed by atoms with Crippen LogP contribution in [0, 0.1) is 5.92 Å². The lowest BCUT2D eigenvalue weighted by Gasteiger charge is -2.17. The van der Waals surface area contributed by atoms with E-state index in [1.54, 1.807) is 0 Å². The van der Waals surface area contributed by atoms with Crippen molar-refractivity contribution in [3.05, 3.63) is 35.5 Å². The fourth-order valence-electron chi connectivity index (χ4n) is 2.17. The van der Waals surface area contributed by atoms with Crippen LogP contribution in [0.5, 0.6) is 0 Å². The molecule has 1 heteroatoms. The highest BCUT2D eigenvalue weighted by Crippen LogP contribution is 2.29. The molecule has 1 aliphatic heterocycles. The fraction of sp³-hybridized carbons (Fsp3) is 0.538. The van der Waals surface area contributed by atoms with Crippen LogP contribution in [-0.2, 0) is 4.74 Å². The van der Waals surface area contributed by atoms with Crippen molar-refractivity contribution in [1.29, 1.82) is 0 Å². The Morgan fingerprint density at radius 1 is 1.50 bits per heavy atom. The Kier molecular flexibility index (Phi) is 2.87. The number of hydrogen-bond acceptors (Lipinski definition) is 1. The first-order valence-electron chi connectivity index (χ1n) is 5.38. The van der Waals surface area contributed by atoms with Crippen LogP contribution in [-0.4, -0.2) is 13.2 Å². The lowest BCUT2D eigenvalue weighted by molar-refractivity contribution is 0.204. The zero-order valence-corrected chi connectivity index (χ0v) is 8.88. The van der Waals surface area contributed by atoms with Gasteiger partial charge in [0.1, 0.15) is 0 Å². The van der Waals surface area contributed by atoms with Gasteiger partial charge in [-0.2, -0.15) is 0 Å². The van der Waals surface area contributed by atoms with Gasteiger partial charge in [0, 0.05) is 0 Å². The summed E-state index contributed by atoms with van der Waals surface area (Å²) in [5.41, 5.74) is 4.25. The second kappa shape index (κ2) is 4.14. The minimum absolute atomic E-state index is 0.667. The zero-order valence-electron chi connectivity index (χ0n) is 8.88. The number of rotatable bonds is 1. The molecule has 1 heterocycles. The summed E-state index contributed by atoms with van der Waals surface area (Å²) in [4.78, 5) is 0. The molecule has 0 radical (unpaired) electrons. The van der Waals surface area contributed by atoms with Gasteiger partial charge in [-0.05, 0) is 43.3 Å². The third-order valence-electron chi connectivity index (χ3n) is 3.22. The molecule has 0 unspecified atom stereocenters. The van der Waals surface area contributed by atoms with E-state index in [1.807, 2.05) is 0 Å². The molecule has 1 nitrogen and oxygen atoms in total. The first-order chi connectivity index (χ1) is 6.77. The first-order valence-corrected chi connectivity index (χ1v) is 5.38. The number of allylic oxidation sites excluding steroid dienone is 2. The predicted octanol–water partition coefficient (Wildman–Crippen LogP) is 3.25. The van der Waals surface area contributed by atoms with E-state index in [2.05, 4.69) is 25.7 Å². The lowest BCUT2D eigenvalue weighted by atomic mass is 9.88. The molecular formula is C13H18O. The van der Waals surface area contributed by atoms with E-state index in [1.165, 1.54) is 29.6 Å². The highest BCUT2D eigenvalue weighted by molar-refractivity contribution is 5.31. The van der Waals surface area contributed by atoms with Crippen molar-refractivity contribution in [2.45, 2.75) is 26.2 Å². The third kappa shape index (κ3) is 1.98. The maximum Gasteiger partial charge on any atom is 0.0721 e. The van der Waals surface area contributed by atoms with Gasteiger partial charge in [-0.3, -0.25) is 0 Å². The highest BCUT2D eigenvalue weighted by atomic mass is 16.5. The van der Waals surface area contributed by atoms with Crippen molar-refractivity contribution in [2.75, 3.05) is 13.2 Å². The molecule has 0 aromatic carbocycles. The van der Waals surface area contributed by atoms with E-state index >= 15 is 0 Å². The molecule has 1 atom stereocenters. The molecule has 0 saturated carbocycles. The smallest absolute Gasteiger partial charge is 0.0721 e. The quantitative estimate of drug-likeness (QED) is 0.577. The lowest BCUT2D eigenvalue weighted by Crippen LogP contribution is -2.03. The van der Waals surface area contributed by atoms with E-state index in [4.69, 9.17) is 4.74 Å². The molecule has 14 heavy (non-hydrogen) atoms. The van der Waals surface area contributed by atoms with Gasteiger partial charge in [-0.1, -0.05) is 24.3 Å². The Labute approximate surface area is 86.2 Å². The van der Waals surface area contributed by atoms with E-state index in [9.17, 15) is 0 Å². The molecule has 0 fully saturated rings. The minimum Gasteiger partial charge on any atom is -0.372 e. The SMILES string of the molecule is C=C(C)[C@@H]1C/C=C\C2=C(CC1)COC2. The molecule has 0 N–H and O–H groups in total. The molecule has 1 aliphatic carbocycles. The van der Waals surface area contributed by atoms with Crippen LogP contribution in [0.25, 0.3) is 0 Å². The average Bonchev–Trinajstić information content (AvgIpc) is 2.51. The second-order valence-corrected chi connectivity index (χ2v) is 4.34. The summed E-state index contributed by atoms with van der Waals surface area (Å²) in [6, 6.07) is 0. The molecule has 2 rings (SSSR count). The van der Waals surface area contributed by atoms with Crippen molar-refractivity contribution >= 4 is 0 Å². The summed E-state index contributed by atoms with van der Waals surface area (Å²) in [5, 5.41) is 0. The standard InChI is InChI=1S/C13H18O/c1-10(2)11-4-3-5-12-8-14-9-13(12)7-6-11/h3,5,11H,1,4,6-9H2,2H3/b5-3-/t11-/m1/s1. The Morgan fingerprint density at radius 2 is 2.36 bits per heavy atom. The summed E-state index contributed by atoms with van der Waals surface area (Å²) in [6.45, 7) is 7.87. The maximum absolute atomic E-state index is 5.45. The molecule has 0 bridgehead atoms. The maximum atomic E-state index is 5.45. The van der Waals surface area contributed by atoms with Gasteiger partial charge < -0.3 is 4.74 Å². The second-order valence-electron chi connectivity index (χ2n) is 4.34. The normalized spacial score (nSPS) is 29.4. The topological polar surface area (TPSA) is 9.23 Å². The zero-order chi connectivity index (χ0) is 9.97. The fourth-order valence-corrected chi connectivity index (χ4v) is 2.17. The van der Waals surface area contributed by atoms with Gasteiger partial charge >= 0.3 is 0 Å². The van der Waals surface area contributed by atoms with Gasteiger partial charge in [0.05, 0.1) is 13.2 Å². The van der Waals surface area contributed by atoms with Crippen LogP contribution in [0.2, 0.25) is 0 Å². The van der Waals surface area contributed by atoms with Gasteiger partial charge in [0.25, 0.3) is 0 Å². The van der Waals surface area contributed by atoms with Crippen molar-refractivity contribution in [3.63, 3.8) is 0 Å². The molecule has 2 aliphatic rings. The number of hydrogen-bond donors (Lipinski definition) is 0. The monoisotopic (exact) mass is 190 g/mol. The van der Waals surface area contributed by atoms with E-state index in [0.717, 1.165) is 19.6 Å². The first kappa shape index (κ1) is 9.72. The van der Waals surface area contributed by atoms with Crippen LogP contribution in [0.1, 0.15) is 26.2 Å². The predicted molar refractivity (Wildman–Crippen MR) is 59.1 cm³/mol. The summed E-state index contributed by atoms with van der Waals surface area (Å²) in [5.74, 6) is 0.667. The summed E-state index contributed by atoms with van der Waals surface area (Å²) in [6.07, 6.45) is 8.10. The van der Waals surface area contributed by atoms with Crippen LogP contribution < -0.4 is 0 Å². The van der Waals surface area contributed by atoms with E-state index in [-0.39, 0.29) is 0 Å². The van der Waals surface area contributed by atoms with Crippen molar-refractivity contribution < 1.29 is 4.74 Å². The number of ether oxygens (including phenoxy) is 1. The Bertz CT molecular complexity index is 296. The molecule has 0 aromatic heterocycles. The Morgan fingerprint density at radius 3 is 3.14 bits per heavy atom. The molecule has 0 saturated heterocycles. The van der Waals surface area contributed by atoms with Crippen LogP contribution in [0.15, 0.2) is 35.5 Å². The molecule has 0 amide bonds. The van der Waals surface area contributed by atoms with Gasteiger partial charge in [0.2, 0.25) is 0 Å². The average molecular weight is 190 g/mol. The van der Waals surface area contributed by atoms with Gasteiger partial charge in [-0.25, -0.2) is 0 Å². The van der Waals surface area contributed by atoms with Gasteiger partial charge in [0.15, 0.2) is 0 Å². The van der Waals surface area contributed by atoms with Crippen molar-refractivity contribution in [3.8, 4) is 0 Å². The Hall–Kier alpha value is -0.820. The molecule has 0 spiro atoms. The van der Waals surface area contributed by atoms with E-state index < -0.39 is 0 Å². The highest BCUT2D eigenvalue weighted by Gasteiger charge is 2.17.